The number of benzene rings is 3. The highest BCUT2D eigenvalue weighted by Crippen LogP contribution is 2.26. The van der Waals surface area contributed by atoms with Gasteiger partial charge in [-0.1, -0.05) is 42.0 Å². The zero-order valence-electron chi connectivity index (χ0n) is 17.4. The van der Waals surface area contributed by atoms with Gasteiger partial charge in [0.05, 0.1) is 7.11 Å². The van der Waals surface area contributed by atoms with E-state index in [9.17, 15) is 18.5 Å². The summed E-state index contributed by atoms with van der Waals surface area (Å²) >= 11 is 0. The van der Waals surface area contributed by atoms with E-state index < -0.39 is 16.0 Å². The zero-order valence-corrected chi connectivity index (χ0v) is 18.2. The first-order valence-electron chi connectivity index (χ1n) is 9.50. The Morgan fingerprint density at radius 2 is 1.75 bits per heavy atom. The summed E-state index contributed by atoms with van der Waals surface area (Å²) in [5, 5.41) is 12.1. The number of para-hydroxylation sites is 1. The number of carbonyl (C=O) groups excluding carboxylic acids is 1. The maximum atomic E-state index is 12.7. The lowest BCUT2D eigenvalue weighted by molar-refractivity contribution is -0.112. The fourth-order valence-corrected chi connectivity index (χ4v) is 3.70. The third-order valence-electron chi connectivity index (χ3n) is 4.42. The summed E-state index contributed by atoms with van der Waals surface area (Å²) < 4.78 is 35.7. The van der Waals surface area contributed by atoms with E-state index in [4.69, 9.17) is 8.92 Å². The Morgan fingerprint density at radius 1 is 1.03 bits per heavy atom. The standard InChI is InChI=1S/C24H20N2O5S/c1-17-10-12-22(13-11-17)32(28,29)31-23-9-4-3-6-18(23)14-19(16-25)24(27)26-20-7-5-8-21(15-20)30-2/h3-15H,1-2H3,(H,26,27)/b19-14+. The molecule has 0 fully saturated rings. The molecule has 3 aromatic carbocycles. The summed E-state index contributed by atoms with van der Waals surface area (Å²) in [5.74, 6) is -0.114. The Kier molecular flexibility index (Phi) is 6.93. The molecule has 0 aliphatic carbocycles. The largest absolute Gasteiger partial charge is 0.497 e. The number of hydrogen-bond donors (Lipinski definition) is 1. The molecule has 162 valence electrons. The smallest absolute Gasteiger partial charge is 0.339 e. The van der Waals surface area contributed by atoms with E-state index in [1.807, 2.05) is 13.0 Å². The fourth-order valence-electron chi connectivity index (χ4n) is 2.75. The number of aryl methyl sites for hydroxylation is 1. The first kappa shape index (κ1) is 22.6. The SMILES string of the molecule is COc1cccc(NC(=O)/C(C#N)=C/c2ccccc2OS(=O)(=O)c2ccc(C)cc2)c1. The van der Waals surface area contributed by atoms with Crippen LogP contribution >= 0.6 is 0 Å². The van der Waals surface area contributed by atoms with Crippen molar-refractivity contribution < 1.29 is 22.1 Å². The Morgan fingerprint density at radius 3 is 2.44 bits per heavy atom. The molecular formula is C24H20N2O5S. The van der Waals surface area contributed by atoms with Crippen LogP contribution in [-0.4, -0.2) is 21.4 Å². The van der Waals surface area contributed by atoms with Crippen LogP contribution in [0.5, 0.6) is 11.5 Å². The molecular weight excluding hydrogens is 428 g/mol. The van der Waals surface area contributed by atoms with Gasteiger partial charge in [0.1, 0.15) is 28.0 Å². The topological polar surface area (TPSA) is 105 Å². The van der Waals surface area contributed by atoms with Crippen LogP contribution in [0.1, 0.15) is 11.1 Å². The van der Waals surface area contributed by atoms with Gasteiger partial charge in [-0.25, -0.2) is 0 Å². The van der Waals surface area contributed by atoms with Crippen molar-refractivity contribution in [2.24, 2.45) is 0 Å². The third-order valence-corrected chi connectivity index (χ3v) is 5.67. The molecule has 0 aromatic heterocycles. The van der Waals surface area contributed by atoms with E-state index >= 15 is 0 Å². The van der Waals surface area contributed by atoms with Crippen LogP contribution in [0.2, 0.25) is 0 Å². The molecule has 1 amide bonds. The van der Waals surface area contributed by atoms with Gasteiger partial charge in [-0.2, -0.15) is 13.7 Å². The summed E-state index contributed by atoms with van der Waals surface area (Å²) in [7, 11) is -2.60. The molecule has 8 heteroatoms. The second-order valence-electron chi connectivity index (χ2n) is 6.74. The molecule has 1 N–H and O–H groups in total. The normalized spacial score (nSPS) is 11.3. The van der Waals surface area contributed by atoms with Gasteiger partial charge in [0.2, 0.25) is 0 Å². The first-order valence-corrected chi connectivity index (χ1v) is 10.9. The number of nitriles is 1. The van der Waals surface area contributed by atoms with E-state index in [0.717, 1.165) is 5.56 Å². The summed E-state index contributed by atoms with van der Waals surface area (Å²) in [5.41, 5.74) is 1.40. The molecule has 0 atom stereocenters. The van der Waals surface area contributed by atoms with Gasteiger partial charge in [-0.15, -0.1) is 0 Å². The van der Waals surface area contributed by atoms with Crippen molar-refractivity contribution in [2.75, 3.05) is 12.4 Å². The van der Waals surface area contributed by atoms with Gasteiger partial charge in [0.25, 0.3) is 5.91 Å². The summed E-state index contributed by atoms with van der Waals surface area (Å²) in [6, 6.07) is 21.0. The van der Waals surface area contributed by atoms with Crippen molar-refractivity contribution >= 4 is 27.8 Å². The highest BCUT2D eigenvalue weighted by atomic mass is 32.2. The van der Waals surface area contributed by atoms with Gasteiger partial charge in [0, 0.05) is 17.3 Å². The van der Waals surface area contributed by atoms with Crippen LogP contribution in [0, 0.1) is 18.3 Å². The van der Waals surface area contributed by atoms with Crippen LogP contribution in [0.4, 0.5) is 5.69 Å². The number of methoxy groups -OCH3 is 1. The van der Waals surface area contributed by atoms with Crippen molar-refractivity contribution in [3.8, 4) is 17.6 Å². The van der Waals surface area contributed by atoms with Gasteiger partial charge in [-0.3, -0.25) is 4.79 Å². The Balaban J connectivity index is 1.88. The van der Waals surface area contributed by atoms with E-state index in [-0.39, 0.29) is 21.8 Å². The van der Waals surface area contributed by atoms with Crippen LogP contribution in [-0.2, 0) is 14.9 Å². The van der Waals surface area contributed by atoms with E-state index in [1.54, 1.807) is 54.6 Å². The van der Waals surface area contributed by atoms with E-state index in [0.29, 0.717) is 11.4 Å². The Bertz CT molecular complexity index is 1310. The molecule has 0 aliphatic heterocycles. The molecule has 0 heterocycles. The van der Waals surface area contributed by atoms with Crippen molar-refractivity contribution in [3.63, 3.8) is 0 Å². The molecule has 0 aliphatic rings. The lowest BCUT2D eigenvalue weighted by Crippen LogP contribution is -2.14. The van der Waals surface area contributed by atoms with Gasteiger partial charge >= 0.3 is 10.1 Å². The molecule has 3 aromatic rings. The average molecular weight is 449 g/mol. The maximum Gasteiger partial charge on any atom is 0.339 e. The summed E-state index contributed by atoms with van der Waals surface area (Å²) in [4.78, 5) is 12.6. The fraction of sp³-hybridized carbons (Fsp3) is 0.0833. The van der Waals surface area contributed by atoms with Crippen molar-refractivity contribution in [3.05, 3.63) is 89.5 Å². The molecule has 7 nitrogen and oxygen atoms in total. The number of nitrogens with one attached hydrogen (secondary N) is 1. The Hall–Kier alpha value is -4.09. The van der Waals surface area contributed by atoms with Crippen LogP contribution < -0.4 is 14.2 Å². The number of hydrogen-bond acceptors (Lipinski definition) is 6. The first-order chi connectivity index (χ1) is 15.3. The molecule has 0 saturated heterocycles. The molecule has 0 bridgehead atoms. The lowest BCUT2D eigenvalue weighted by atomic mass is 10.1. The number of ether oxygens (including phenoxy) is 1. The molecule has 32 heavy (non-hydrogen) atoms. The molecule has 0 spiro atoms. The molecule has 3 rings (SSSR count). The van der Waals surface area contributed by atoms with Gasteiger partial charge in [-0.05, 0) is 43.3 Å². The zero-order chi connectivity index (χ0) is 23.1. The minimum absolute atomic E-state index is 0.00171. The molecule has 0 unspecified atom stereocenters. The van der Waals surface area contributed by atoms with Crippen LogP contribution in [0.3, 0.4) is 0 Å². The van der Waals surface area contributed by atoms with Crippen molar-refractivity contribution in [1.29, 1.82) is 5.26 Å². The molecule has 0 saturated carbocycles. The quantitative estimate of drug-likeness (QED) is 0.328. The molecule has 0 radical (unpaired) electrons. The van der Waals surface area contributed by atoms with Crippen molar-refractivity contribution in [1.82, 2.24) is 0 Å². The minimum atomic E-state index is -4.10. The summed E-state index contributed by atoms with van der Waals surface area (Å²) in [6.45, 7) is 1.84. The van der Waals surface area contributed by atoms with Crippen LogP contribution in [0.25, 0.3) is 6.08 Å². The monoisotopic (exact) mass is 448 g/mol. The minimum Gasteiger partial charge on any atom is -0.497 e. The van der Waals surface area contributed by atoms with Crippen LogP contribution in [0.15, 0.2) is 83.3 Å². The predicted octanol–water partition coefficient (Wildman–Crippen LogP) is 4.32. The number of anilines is 1. The number of carbonyl (C=O) groups is 1. The number of amides is 1. The van der Waals surface area contributed by atoms with Crippen molar-refractivity contribution in [2.45, 2.75) is 11.8 Å². The van der Waals surface area contributed by atoms with Gasteiger partial charge < -0.3 is 14.2 Å². The lowest BCUT2D eigenvalue weighted by Gasteiger charge is -2.10. The second kappa shape index (κ2) is 9.81. The second-order valence-corrected chi connectivity index (χ2v) is 8.29. The summed E-state index contributed by atoms with van der Waals surface area (Å²) in [6.07, 6.45) is 1.27. The van der Waals surface area contributed by atoms with Gasteiger partial charge in [0.15, 0.2) is 0 Å². The maximum absolute atomic E-state index is 12.7. The number of rotatable bonds is 7. The number of nitrogens with zero attached hydrogens (tertiary/aromatic N) is 1. The average Bonchev–Trinajstić information content (AvgIpc) is 2.78. The Labute approximate surface area is 186 Å². The van der Waals surface area contributed by atoms with E-state index in [2.05, 4.69) is 5.32 Å². The highest BCUT2D eigenvalue weighted by molar-refractivity contribution is 7.87. The third kappa shape index (κ3) is 5.53. The van der Waals surface area contributed by atoms with E-state index in [1.165, 1.54) is 31.4 Å². The predicted molar refractivity (Wildman–Crippen MR) is 121 cm³/mol. The highest BCUT2D eigenvalue weighted by Gasteiger charge is 2.19.